The highest BCUT2D eigenvalue weighted by molar-refractivity contribution is 5.87. The number of aliphatic carboxylic acids is 1. The number of hydrogen-bond donors (Lipinski definition) is 1. The lowest BCUT2D eigenvalue weighted by atomic mass is 10.1. The van der Waals surface area contributed by atoms with Gasteiger partial charge in [-0.1, -0.05) is 19.1 Å². The van der Waals surface area contributed by atoms with Crippen LogP contribution in [0.4, 0.5) is 0 Å². The van der Waals surface area contributed by atoms with Gasteiger partial charge in [0.05, 0.1) is 5.57 Å². The van der Waals surface area contributed by atoms with Crippen LogP contribution in [-0.2, 0) is 4.79 Å². The molecule has 0 aromatic heterocycles. The molecular formula is C12H19NO2. The summed E-state index contributed by atoms with van der Waals surface area (Å²) in [5, 5.41) is 8.99. The quantitative estimate of drug-likeness (QED) is 0.517. The minimum Gasteiger partial charge on any atom is -0.478 e. The van der Waals surface area contributed by atoms with Crippen LogP contribution in [-0.4, -0.2) is 29.1 Å². The van der Waals surface area contributed by atoms with Crippen LogP contribution in [0, 0.1) is 0 Å². The number of carbonyl (C=O) groups is 1. The van der Waals surface area contributed by atoms with Crippen molar-refractivity contribution in [3.8, 4) is 0 Å². The summed E-state index contributed by atoms with van der Waals surface area (Å²) in [6, 6.07) is 0. The number of hydrogen-bond acceptors (Lipinski definition) is 2. The van der Waals surface area contributed by atoms with Crippen LogP contribution >= 0.6 is 0 Å². The molecule has 0 saturated heterocycles. The van der Waals surface area contributed by atoms with E-state index in [1.807, 2.05) is 18.7 Å². The Kier molecular flexibility index (Phi) is 6.18. The molecule has 0 spiro atoms. The Bertz CT molecular complexity index is 269. The summed E-state index contributed by atoms with van der Waals surface area (Å²) in [6.45, 7) is 12.2. The fraction of sp³-hybridized carbons (Fsp3) is 0.417. The van der Waals surface area contributed by atoms with E-state index in [0.717, 1.165) is 5.70 Å². The molecule has 0 atom stereocenters. The third kappa shape index (κ3) is 4.02. The summed E-state index contributed by atoms with van der Waals surface area (Å²) in [6.07, 6.45) is 4.02. The highest BCUT2D eigenvalue weighted by Gasteiger charge is 2.12. The Labute approximate surface area is 91.4 Å². The number of allylic oxidation sites excluding steroid dienone is 1. The molecule has 0 radical (unpaired) electrons. The van der Waals surface area contributed by atoms with Crippen molar-refractivity contribution >= 4 is 5.97 Å². The first-order valence-corrected chi connectivity index (χ1v) is 4.98. The average molecular weight is 209 g/mol. The Morgan fingerprint density at radius 3 is 2.07 bits per heavy atom. The van der Waals surface area contributed by atoms with Gasteiger partial charge in [-0.15, -0.1) is 13.2 Å². The molecule has 1 N–H and O–H groups in total. The van der Waals surface area contributed by atoms with Crippen LogP contribution in [0.15, 0.2) is 36.6 Å². The number of rotatable bonds is 7. The van der Waals surface area contributed by atoms with Gasteiger partial charge in [-0.2, -0.15) is 0 Å². The van der Waals surface area contributed by atoms with Crippen LogP contribution in [0.5, 0.6) is 0 Å². The minimum absolute atomic E-state index is 0.443. The second kappa shape index (κ2) is 6.87. The molecule has 0 aromatic carbocycles. The Balaban J connectivity index is 4.99. The minimum atomic E-state index is -0.854. The Morgan fingerprint density at radius 1 is 1.33 bits per heavy atom. The molecule has 0 aliphatic rings. The van der Waals surface area contributed by atoms with E-state index >= 15 is 0 Å². The molecule has 0 aromatic rings. The van der Waals surface area contributed by atoms with Crippen molar-refractivity contribution < 1.29 is 9.90 Å². The second-order valence-corrected chi connectivity index (χ2v) is 3.21. The lowest BCUT2D eigenvalue weighted by Gasteiger charge is -2.24. The van der Waals surface area contributed by atoms with Crippen molar-refractivity contribution in [3.05, 3.63) is 36.6 Å². The normalized spacial score (nSPS) is 11.6. The lowest BCUT2D eigenvalue weighted by molar-refractivity contribution is -0.132. The standard InChI is InChI=1S/C12H19NO2/c1-5-8-13(9-6-2)10(4)11(7-3)12(14)15/h5-6H,1-2,7-9H2,3-4H3,(H,14,15). The van der Waals surface area contributed by atoms with Crippen molar-refractivity contribution in [1.82, 2.24) is 4.90 Å². The SMILES string of the molecule is C=CCN(CC=C)C(C)=C(CC)C(=O)O. The third-order valence-corrected chi connectivity index (χ3v) is 2.22. The predicted molar refractivity (Wildman–Crippen MR) is 62.6 cm³/mol. The molecule has 3 heteroatoms. The van der Waals surface area contributed by atoms with Gasteiger partial charge < -0.3 is 10.0 Å². The molecule has 0 aliphatic carbocycles. The highest BCUT2D eigenvalue weighted by Crippen LogP contribution is 2.13. The van der Waals surface area contributed by atoms with E-state index < -0.39 is 5.97 Å². The second-order valence-electron chi connectivity index (χ2n) is 3.21. The van der Waals surface area contributed by atoms with Crippen molar-refractivity contribution in [1.29, 1.82) is 0 Å². The zero-order chi connectivity index (χ0) is 11.8. The third-order valence-electron chi connectivity index (χ3n) is 2.22. The van der Waals surface area contributed by atoms with E-state index in [-0.39, 0.29) is 0 Å². The van der Waals surface area contributed by atoms with Gasteiger partial charge in [0.25, 0.3) is 0 Å². The maximum absolute atomic E-state index is 10.9. The highest BCUT2D eigenvalue weighted by atomic mass is 16.4. The molecule has 0 rings (SSSR count). The summed E-state index contributed by atoms with van der Waals surface area (Å²) in [7, 11) is 0. The number of carboxylic acids is 1. The molecule has 0 bridgehead atoms. The smallest absolute Gasteiger partial charge is 0.333 e. The topological polar surface area (TPSA) is 40.5 Å². The van der Waals surface area contributed by atoms with Gasteiger partial charge in [0, 0.05) is 18.8 Å². The van der Waals surface area contributed by atoms with Gasteiger partial charge in [0.1, 0.15) is 0 Å². The first-order valence-electron chi connectivity index (χ1n) is 4.98. The molecular weight excluding hydrogens is 190 g/mol. The monoisotopic (exact) mass is 209 g/mol. The largest absolute Gasteiger partial charge is 0.478 e. The van der Waals surface area contributed by atoms with Crippen molar-refractivity contribution in [2.75, 3.05) is 13.1 Å². The maximum Gasteiger partial charge on any atom is 0.333 e. The average Bonchev–Trinajstić information content (AvgIpc) is 2.17. The van der Waals surface area contributed by atoms with Crippen LogP contribution in [0.2, 0.25) is 0 Å². The van der Waals surface area contributed by atoms with Gasteiger partial charge in [-0.25, -0.2) is 4.79 Å². The van der Waals surface area contributed by atoms with Crippen molar-refractivity contribution in [2.24, 2.45) is 0 Å². The molecule has 0 heterocycles. The zero-order valence-corrected chi connectivity index (χ0v) is 9.49. The van der Waals surface area contributed by atoms with E-state index in [1.165, 1.54) is 0 Å². The van der Waals surface area contributed by atoms with E-state index in [1.54, 1.807) is 12.2 Å². The first kappa shape index (κ1) is 13.5. The van der Waals surface area contributed by atoms with E-state index in [9.17, 15) is 4.79 Å². The summed E-state index contributed by atoms with van der Waals surface area (Å²) >= 11 is 0. The van der Waals surface area contributed by atoms with Gasteiger partial charge in [-0.05, 0) is 13.3 Å². The summed E-state index contributed by atoms with van der Waals surface area (Å²) in [5.74, 6) is -0.854. The molecule has 3 nitrogen and oxygen atoms in total. The number of nitrogens with zero attached hydrogens (tertiary/aromatic N) is 1. The fourth-order valence-electron chi connectivity index (χ4n) is 1.41. The van der Waals surface area contributed by atoms with Gasteiger partial charge in [0.15, 0.2) is 0 Å². The molecule has 0 fully saturated rings. The van der Waals surface area contributed by atoms with Gasteiger partial charge in [-0.3, -0.25) is 0 Å². The predicted octanol–water partition coefficient (Wildman–Crippen LogP) is 2.43. The van der Waals surface area contributed by atoms with Crippen LogP contribution < -0.4 is 0 Å². The number of carboxylic acid groups (broad SMARTS) is 1. The Hall–Kier alpha value is -1.51. The molecule has 84 valence electrons. The molecule has 0 unspecified atom stereocenters. The van der Waals surface area contributed by atoms with E-state index in [0.29, 0.717) is 25.1 Å². The lowest BCUT2D eigenvalue weighted by Crippen LogP contribution is -2.24. The zero-order valence-electron chi connectivity index (χ0n) is 9.49. The van der Waals surface area contributed by atoms with Crippen molar-refractivity contribution in [2.45, 2.75) is 20.3 Å². The molecule has 0 aliphatic heterocycles. The summed E-state index contributed by atoms with van der Waals surface area (Å²) in [4.78, 5) is 12.9. The summed E-state index contributed by atoms with van der Waals surface area (Å²) < 4.78 is 0. The molecule has 15 heavy (non-hydrogen) atoms. The van der Waals surface area contributed by atoms with Gasteiger partial charge >= 0.3 is 5.97 Å². The van der Waals surface area contributed by atoms with Crippen LogP contribution in [0.3, 0.4) is 0 Å². The van der Waals surface area contributed by atoms with Crippen molar-refractivity contribution in [3.63, 3.8) is 0 Å². The molecule has 0 amide bonds. The van der Waals surface area contributed by atoms with Crippen LogP contribution in [0.25, 0.3) is 0 Å². The fourth-order valence-corrected chi connectivity index (χ4v) is 1.41. The molecule has 0 saturated carbocycles. The van der Waals surface area contributed by atoms with E-state index in [2.05, 4.69) is 13.2 Å². The summed E-state index contributed by atoms with van der Waals surface area (Å²) in [5.41, 5.74) is 1.23. The van der Waals surface area contributed by atoms with E-state index in [4.69, 9.17) is 5.11 Å². The maximum atomic E-state index is 10.9. The Morgan fingerprint density at radius 2 is 1.80 bits per heavy atom. The first-order chi connectivity index (χ1) is 7.08. The van der Waals surface area contributed by atoms with Gasteiger partial charge in [0.2, 0.25) is 0 Å². The van der Waals surface area contributed by atoms with Crippen LogP contribution in [0.1, 0.15) is 20.3 Å².